The maximum absolute atomic E-state index is 11.9. The number of amides is 1. The molecule has 0 aliphatic rings. The minimum absolute atomic E-state index is 0.371. The lowest BCUT2D eigenvalue weighted by atomic mass is 10.2. The van der Waals surface area contributed by atoms with Gasteiger partial charge < -0.3 is 4.55 Å². The Balaban J connectivity index is 2.06. The third-order valence-corrected chi connectivity index (χ3v) is 3.57. The van der Waals surface area contributed by atoms with Crippen LogP contribution in [-0.2, 0) is 11.4 Å². The molecule has 5 heteroatoms. The Morgan fingerprint density at radius 2 is 1.67 bits per heavy atom. The van der Waals surface area contributed by atoms with Gasteiger partial charge in [-0.1, -0.05) is 29.8 Å². The van der Waals surface area contributed by atoms with E-state index in [0.29, 0.717) is 15.5 Å². The van der Waals surface area contributed by atoms with E-state index in [1.165, 1.54) is 0 Å². The van der Waals surface area contributed by atoms with Crippen LogP contribution in [0.25, 0.3) is 0 Å². The standard InChI is InChI=1S/C13H10ClNO2S/c14-11-6-8-12(9-7-11)18(17)15-13(16)10-4-2-1-3-5-10/h1-9H,(H,15,16). The van der Waals surface area contributed by atoms with Crippen LogP contribution in [0.2, 0.25) is 5.02 Å². The summed E-state index contributed by atoms with van der Waals surface area (Å²) in [6.07, 6.45) is 0. The van der Waals surface area contributed by atoms with Crippen molar-refractivity contribution in [3.8, 4) is 0 Å². The zero-order valence-corrected chi connectivity index (χ0v) is 10.9. The highest BCUT2D eigenvalue weighted by molar-refractivity contribution is 7.90. The Bertz CT molecular complexity index is 530. The number of hydrogen-bond acceptors (Lipinski definition) is 2. The van der Waals surface area contributed by atoms with Crippen molar-refractivity contribution in [2.45, 2.75) is 4.90 Å². The van der Waals surface area contributed by atoms with Crippen LogP contribution >= 0.6 is 11.6 Å². The molecule has 2 aromatic rings. The van der Waals surface area contributed by atoms with Crippen LogP contribution in [0.1, 0.15) is 10.4 Å². The van der Waals surface area contributed by atoms with Gasteiger partial charge in [-0.25, -0.2) is 0 Å². The van der Waals surface area contributed by atoms with E-state index in [2.05, 4.69) is 4.72 Å². The van der Waals surface area contributed by atoms with Gasteiger partial charge in [-0.2, -0.15) is 4.72 Å². The van der Waals surface area contributed by atoms with Gasteiger partial charge in [0.05, 0.1) is 0 Å². The quantitative estimate of drug-likeness (QED) is 0.879. The molecule has 18 heavy (non-hydrogen) atoms. The first-order valence-corrected chi connectivity index (χ1v) is 6.73. The highest BCUT2D eigenvalue weighted by Crippen LogP contribution is 2.14. The molecule has 3 nitrogen and oxygen atoms in total. The van der Waals surface area contributed by atoms with E-state index in [9.17, 15) is 9.35 Å². The maximum atomic E-state index is 11.9. The molecule has 92 valence electrons. The third-order valence-electron chi connectivity index (χ3n) is 2.25. The summed E-state index contributed by atoms with van der Waals surface area (Å²) in [7, 11) is 0. The summed E-state index contributed by atoms with van der Waals surface area (Å²) in [6, 6.07) is 15.1. The highest BCUT2D eigenvalue weighted by atomic mass is 35.5. The van der Waals surface area contributed by atoms with Gasteiger partial charge in [0.1, 0.15) is 11.4 Å². The molecule has 0 saturated heterocycles. The largest absolute Gasteiger partial charge is 0.588 e. The lowest BCUT2D eigenvalue weighted by molar-refractivity contribution is 0.0981. The van der Waals surface area contributed by atoms with Crippen LogP contribution in [0, 0.1) is 0 Å². The number of rotatable bonds is 3. The van der Waals surface area contributed by atoms with Gasteiger partial charge in [-0.05, 0) is 36.4 Å². The first-order chi connectivity index (χ1) is 8.66. The molecule has 1 N–H and O–H groups in total. The fraction of sp³-hybridized carbons (Fsp3) is 0. The first kappa shape index (κ1) is 13.0. The molecule has 0 fully saturated rings. The van der Waals surface area contributed by atoms with Crippen LogP contribution in [-0.4, -0.2) is 10.5 Å². The Kier molecular flexibility index (Phi) is 4.25. The van der Waals surface area contributed by atoms with Gasteiger partial charge in [0.2, 0.25) is 0 Å². The smallest absolute Gasteiger partial charge is 0.292 e. The molecule has 0 aliphatic carbocycles. The van der Waals surface area contributed by atoms with E-state index in [4.69, 9.17) is 11.6 Å². The first-order valence-electron chi connectivity index (χ1n) is 5.20. The number of nitrogens with one attached hydrogen (secondary N) is 1. The predicted molar refractivity (Wildman–Crippen MR) is 71.8 cm³/mol. The molecule has 1 amide bonds. The zero-order valence-electron chi connectivity index (χ0n) is 9.30. The van der Waals surface area contributed by atoms with E-state index < -0.39 is 11.4 Å². The normalized spacial score (nSPS) is 11.9. The van der Waals surface area contributed by atoms with Gasteiger partial charge in [-0.3, -0.25) is 4.79 Å². The molecular weight excluding hydrogens is 270 g/mol. The van der Waals surface area contributed by atoms with Crippen LogP contribution in [0.4, 0.5) is 0 Å². The SMILES string of the molecule is O=C(N[S+]([O-])c1ccc(Cl)cc1)c1ccccc1. The highest BCUT2D eigenvalue weighted by Gasteiger charge is 2.16. The van der Waals surface area contributed by atoms with E-state index in [1.807, 2.05) is 6.07 Å². The van der Waals surface area contributed by atoms with Crippen molar-refractivity contribution >= 4 is 28.9 Å². The van der Waals surface area contributed by atoms with Crippen molar-refractivity contribution in [1.82, 2.24) is 4.72 Å². The van der Waals surface area contributed by atoms with Gasteiger partial charge in [-0.15, -0.1) is 0 Å². The number of carbonyl (C=O) groups is 1. The molecule has 0 aliphatic heterocycles. The maximum Gasteiger partial charge on any atom is 0.292 e. The lowest BCUT2D eigenvalue weighted by Gasteiger charge is -2.10. The summed E-state index contributed by atoms with van der Waals surface area (Å²) in [5.41, 5.74) is 0.472. The van der Waals surface area contributed by atoms with Crippen LogP contribution in [0.5, 0.6) is 0 Å². The van der Waals surface area contributed by atoms with Crippen molar-refractivity contribution in [2.24, 2.45) is 0 Å². The number of hydrogen-bond donors (Lipinski definition) is 1. The van der Waals surface area contributed by atoms with Crippen molar-refractivity contribution in [2.75, 3.05) is 0 Å². The van der Waals surface area contributed by atoms with Crippen LogP contribution in [0.15, 0.2) is 59.5 Å². The number of carbonyl (C=O) groups excluding carboxylic acids is 1. The van der Waals surface area contributed by atoms with Crippen LogP contribution in [0.3, 0.4) is 0 Å². The van der Waals surface area contributed by atoms with E-state index in [-0.39, 0.29) is 5.91 Å². The Hall–Kier alpha value is -1.49. The van der Waals surface area contributed by atoms with Gasteiger partial charge >= 0.3 is 0 Å². The van der Waals surface area contributed by atoms with Crippen molar-refractivity contribution in [3.63, 3.8) is 0 Å². The predicted octanol–water partition coefficient (Wildman–Crippen LogP) is 2.79. The third kappa shape index (κ3) is 3.26. The molecule has 2 rings (SSSR count). The molecule has 0 bridgehead atoms. The Morgan fingerprint density at radius 3 is 2.28 bits per heavy atom. The summed E-state index contributed by atoms with van der Waals surface area (Å²) in [5.74, 6) is -0.371. The molecule has 0 saturated carbocycles. The minimum atomic E-state index is -1.58. The molecule has 0 spiro atoms. The average Bonchev–Trinajstić information content (AvgIpc) is 2.40. The van der Waals surface area contributed by atoms with Crippen molar-refractivity contribution in [1.29, 1.82) is 0 Å². The molecule has 0 heterocycles. The molecule has 0 radical (unpaired) electrons. The topological polar surface area (TPSA) is 52.2 Å². The summed E-state index contributed by atoms with van der Waals surface area (Å²) in [4.78, 5) is 12.3. The van der Waals surface area contributed by atoms with E-state index in [0.717, 1.165) is 0 Å². The summed E-state index contributed by atoms with van der Waals surface area (Å²) in [6.45, 7) is 0. The second kappa shape index (κ2) is 5.91. The lowest BCUT2D eigenvalue weighted by Crippen LogP contribution is -2.30. The monoisotopic (exact) mass is 279 g/mol. The summed E-state index contributed by atoms with van der Waals surface area (Å²) < 4.78 is 14.3. The van der Waals surface area contributed by atoms with Gasteiger partial charge in [0, 0.05) is 10.6 Å². The van der Waals surface area contributed by atoms with E-state index >= 15 is 0 Å². The zero-order chi connectivity index (χ0) is 13.0. The average molecular weight is 280 g/mol. The Morgan fingerprint density at radius 1 is 1.06 bits per heavy atom. The van der Waals surface area contributed by atoms with Gasteiger partial charge in [0.25, 0.3) is 5.91 Å². The van der Waals surface area contributed by atoms with E-state index in [1.54, 1.807) is 48.5 Å². The summed E-state index contributed by atoms with van der Waals surface area (Å²) >= 11 is 4.15. The minimum Gasteiger partial charge on any atom is -0.588 e. The van der Waals surface area contributed by atoms with Crippen molar-refractivity contribution in [3.05, 3.63) is 65.2 Å². The van der Waals surface area contributed by atoms with Gasteiger partial charge in [0.15, 0.2) is 4.90 Å². The fourth-order valence-electron chi connectivity index (χ4n) is 1.35. The molecular formula is C13H10ClNO2S. The molecule has 1 unspecified atom stereocenters. The summed E-state index contributed by atoms with van der Waals surface area (Å²) in [5, 5.41) is 0.560. The second-order valence-electron chi connectivity index (χ2n) is 3.52. The fourth-order valence-corrected chi connectivity index (χ4v) is 2.26. The van der Waals surface area contributed by atoms with Crippen molar-refractivity contribution < 1.29 is 9.35 Å². The number of benzene rings is 2. The number of halogens is 1. The molecule has 2 aromatic carbocycles. The second-order valence-corrected chi connectivity index (χ2v) is 5.17. The Labute approximate surface area is 113 Å². The van der Waals surface area contributed by atoms with Crippen LogP contribution < -0.4 is 4.72 Å². The molecule has 0 aromatic heterocycles. The molecule has 1 atom stereocenters.